The molecule has 182 valence electrons. The number of carbonyl (C=O) groups excluding carboxylic acids is 1. The minimum Gasteiger partial charge on any atom is -0.497 e. The van der Waals surface area contributed by atoms with Gasteiger partial charge in [-0.25, -0.2) is 9.99 Å². The van der Waals surface area contributed by atoms with Crippen LogP contribution in [0.1, 0.15) is 23.6 Å². The van der Waals surface area contributed by atoms with Crippen LogP contribution in [0.3, 0.4) is 0 Å². The van der Waals surface area contributed by atoms with Crippen molar-refractivity contribution >= 4 is 45.1 Å². The fraction of sp³-hybridized carbons (Fsp3) is 0.129. The maximum atomic E-state index is 13.5. The van der Waals surface area contributed by atoms with Gasteiger partial charge < -0.3 is 4.74 Å². The van der Waals surface area contributed by atoms with E-state index in [1.165, 1.54) is 17.1 Å². The number of pyridine rings is 1. The first-order valence-corrected chi connectivity index (χ1v) is 13.2. The minimum atomic E-state index is -0.176. The third kappa shape index (κ3) is 4.80. The molecule has 0 spiro atoms. The lowest BCUT2D eigenvalue weighted by molar-refractivity contribution is -0.130. The van der Waals surface area contributed by atoms with Gasteiger partial charge in [-0.05, 0) is 52.2 Å². The molecular weight excluding hydrogens is 478 g/mol. The average molecular weight is 504 g/mol. The highest BCUT2D eigenvalue weighted by atomic mass is 32.2. The van der Waals surface area contributed by atoms with E-state index in [1.807, 2.05) is 72.8 Å². The van der Waals surface area contributed by atoms with Crippen LogP contribution in [0.15, 0.2) is 113 Å². The van der Waals surface area contributed by atoms with Crippen LogP contribution in [0.25, 0.3) is 21.7 Å². The van der Waals surface area contributed by atoms with Crippen LogP contribution in [0.5, 0.6) is 5.75 Å². The number of nitrogens with zero attached hydrogens (tertiary/aromatic N) is 3. The van der Waals surface area contributed by atoms with Crippen LogP contribution >= 0.6 is 11.8 Å². The number of thioether (sulfide) groups is 1. The van der Waals surface area contributed by atoms with E-state index >= 15 is 0 Å². The van der Waals surface area contributed by atoms with Crippen molar-refractivity contribution in [1.82, 2.24) is 9.99 Å². The van der Waals surface area contributed by atoms with Gasteiger partial charge >= 0.3 is 0 Å². The fourth-order valence-electron chi connectivity index (χ4n) is 4.70. The lowest BCUT2D eigenvalue weighted by atomic mass is 9.97. The molecule has 2 heterocycles. The second kappa shape index (κ2) is 10.1. The molecule has 0 fully saturated rings. The van der Waals surface area contributed by atoms with Gasteiger partial charge in [-0.3, -0.25) is 4.79 Å². The SMILES string of the molecule is COc1ccc([C@H]2CC(c3ccc4ccccc4c3)=NN2C(=O)CSc2ccc3ccccc3n2)cc1. The van der Waals surface area contributed by atoms with Gasteiger partial charge in [0.1, 0.15) is 5.75 Å². The van der Waals surface area contributed by atoms with Gasteiger partial charge in [0.05, 0.1) is 35.2 Å². The third-order valence-electron chi connectivity index (χ3n) is 6.67. The zero-order valence-electron chi connectivity index (χ0n) is 20.4. The van der Waals surface area contributed by atoms with E-state index in [2.05, 4.69) is 30.3 Å². The average Bonchev–Trinajstić information content (AvgIpc) is 3.41. The van der Waals surface area contributed by atoms with E-state index in [0.29, 0.717) is 6.42 Å². The number of hydrogen-bond donors (Lipinski definition) is 0. The van der Waals surface area contributed by atoms with Gasteiger partial charge in [0.2, 0.25) is 0 Å². The summed E-state index contributed by atoms with van der Waals surface area (Å²) >= 11 is 1.44. The molecule has 0 N–H and O–H groups in total. The predicted octanol–water partition coefficient (Wildman–Crippen LogP) is 6.87. The summed E-state index contributed by atoms with van der Waals surface area (Å²) in [5.74, 6) is 0.997. The maximum absolute atomic E-state index is 13.5. The number of fused-ring (bicyclic) bond motifs is 2. The van der Waals surface area contributed by atoms with Gasteiger partial charge in [0.15, 0.2) is 0 Å². The summed E-state index contributed by atoms with van der Waals surface area (Å²) in [4.78, 5) is 18.2. The van der Waals surface area contributed by atoms with Crippen LogP contribution in [-0.2, 0) is 4.79 Å². The van der Waals surface area contributed by atoms with E-state index in [-0.39, 0.29) is 17.7 Å². The third-order valence-corrected chi connectivity index (χ3v) is 7.58. The van der Waals surface area contributed by atoms with Gasteiger partial charge in [0.25, 0.3) is 5.91 Å². The Morgan fingerprint density at radius 3 is 2.43 bits per heavy atom. The highest BCUT2D eigenvalue weighted by Gasteiger charge is 2.33. The molecule has 0 bridgehead atoms. The van der Waals surface area contributed by atoms with Crippen LogP contribution in [0.4, 0.5) is 0 Å². The number of hydrazone groups is 1. The molecule has 6 heteroatoms. The zero-order valence-corrected chi connectivity index (χ0v) is 21.2. The summed E-state index contributed by atoms with van der Waals surface area (Å²) in [6.45, 7) is 0. The fourth-order valence-corrected chi connectivity index (χ4v) is 5.43. The Kier molecular flexibility index (Phi) is 6.33. The van der Waals surface area contributed by atoms with E-state index in [1.54, 1.807) is 12.1 Å². The number of benzene rings is 4. The second-order valence-corrected chi connectivity index (χ2v) is 9.97. The summed E-state index contributed by atoms with van der Waals surface area (Å²) in [6.07, 6.45) is 0.648. The maximum Gasteiger partial charge on any atom is 0.253 e. The highest BCUT2D eigenvalue weighted by Crippen LogP contribution is 2.35. The van der Waals surface area contributed by atoms with Crippen molar-refractivity contribution in [2.75, 3.05) is 12.9 Å². The molecule has 1 atom stereocenters. The van der Waals surface area contributed by atoms with Crippen molar-refractivity contribution in [1.29, 1.82) is 0 Å². The van der Waals surface area contributed by atoms with Crippen molar-refractivity contribution in [2.45, 2.75) is 17.5 Å². The number of ether oxygens (including phenoxy) is 1. The van der Waals surface area contributed by atoms with Gasteiger partial charge in [-0.15, -0.1) is 0 Å². The number of aromatic nitrogens is 1. The monoisotopic (exact) mass is 503 g/mol. The molecule has 0 saturated carbocycles. The molecule has 5 nitrogen and oxygen atoms in total. The molecule has 37 heavy (non-hydrogen) atoms. The highest BCUT2D eigenvalue weighted by molar-refractivity contribution is 7.99. The summed E-state index contributed by atoms with van der Waals surface area (Å²) in [5.41, 5.74) is 3.90. The van der Waals surface area contributed by atoms with Crippen LogP contribution < -0.4 is 4.74 Å². The van der Waals surface area contributed by atoms with Crippen LogP contribution in [-0.4, -0.2) is 34.5 Å². The number of para-hydroxylation sites is 1. The van der Waals surface area contributed by atoms with Gasteiger partial charge in [-0.1, -0.05) is 84.6 Å². The number of methoxy groups -OCH3 is 1. The Balaban J connectivity index is 1.28. The summed E-state index contributed by atoms with van der Waals surface area (Å²) in [5, 5.41) is 10.8. The Bertz CT molecular complexity index is 1630. The molecule has 1 aliphatic rings. The normalized spacial score (nSPS) is 15.2. The molecule has 1 amide bonds. The van der Waals surface area contributed by atoms with Crippen molar-refractivity contribution in [3.05, 3.63) is 114 Å². The molecule has 5 aromatic rings. The van der Waals surface area contributed by atoms with Crippen LogP contribution in [0.2, 0.25) is 0 Å². The molecule has 1 aliphatic heterocycles. The van der Waals surface area contributed by atoms with E-state index in [0.717, 1.165) is 43.9 Å². The van der Waals surface area contributed by atoms with Crippen molar-refractivity contribution < 1.29 is 9.53 Å². The molecule has 6 rings (SSSR count). The number of carbonyl (C=O) groups is 1. The topological polar surface area (TPSA) is 54.8 Å². The van der Waals surface area contributed by atoms with E-state index in [9.17, 15) is 4.79 Å². The first-order chi connectivity index (χ1) is 18.2. The zero-order chi connectivity index (χ0) is 25.2. The molecular formula is C31H25N3O2S. The standard InChI is InChI=1S/C31H25N3O2S/c1-36-26-15-12-23(13-16-26)29-19-28(25-11-10-21-6-2-3-8-24(21)18-25)33-34(29)31(35)20-37-30-17-14-22-7-4-5-9-27(22)32-30/h2-18,29H,19-20H2,1H3/t29-/m1/s1. The smallest absolute Gasteiger partial charge is 0.253 e. The second-order valence-electron chi connectivity index (χ2n) is 8.97. The van der Waals surface area contributed by atoms with Gasteiger partial charge in [-0.2, -0.15) is 5.10 Å². The lowest BCUT2D eigenvalue weighted by Gasteiger charge is -2.22. The first-order valence-electron chi connectivity index (χ1n) is 12.2. The molecule has 0 unspecified atom stereocenters. The molecule has 0 aliphatic carbocycles. The van der Waals surface area contributed by atoms with Crippen LogP contribution in [0, 0.1) is 0 Å². The van der Waals surface area contributed by atoms with Crippen molar-refractivity contribution in [3.63, 3.8) is 0 Å². The largest absolute Gasteiger partial charge is 0.497 e. The molecule has 4 aromatic carbocycles. The van der Waals surface area contributed by atoms with E-state index < -0.39 is 0 Å². The lowest BCUT2D eigenvalue weighted by Crippen LogP contribution is -2.28. The molecule has 0 saturated heterocycles. The summed E-state index contributed by atoms with van der Waals surface area (Å²) in [7, 11) is 1.65. The number of hydrogen-bond acceptors (Lipinski definition) is 5. The Labute approximate surface area is 219 Å². The molecule has 1 aromatic heterocycles. The quantitative estimate of drug-likeness (QED) is 0.237. The Morgan fingerprint density at radius 2 is 1.62 bits per heavy atom. The summed E-state index contributed by atoms with van der Waals surface area (Å²) < 4.78 is 5.34. The van der Waals surface area contributed by atoms with Crippen molar-refractivity contribution in [3.8, 4) is 5.75 Å². The number of rotatable bonds is 6. The first kappa shape index (κ1) is 23.3. The summed E-state index contributed by atoms with van der Waals surface area (Å²) in [6, 6.07) is 34.4. The minimum absolute atomic E-state index is 0.0448. The Hall–Kier alpha value is -4.16. The number of amides is 1. The van der Waals surface area contributed by atoms with E-state index in [4.69, 9.17) is 14.8 Å². The van der Waals surface area contributed by atoms with Gasteiger partial charge in [0, 0.05) is 11.8 Å². The Morgan fingerprint density at radius 1 is 0.892 bits per heavy atom. The predicted molar refractivity (Wildman–Crippen MR) is 150 cm³/mol. The van der Waals surface area contributed by atoms with Crippen molar-refractivity contribution in [2.24, 2.45) is 5.10 Å². The molecule has 0 radical (unpaired) electrons.